The van der Waals surface area contributed by atoms with E-state index < -0.39 is 0 Å². The smallest absolute Gasteiger partial charge is 0.293 e. The lowest BCUT2D eigenvalue weighted by Crippen LogP contribution is -2.04. The van der Waals surface area contributed by atoms with Gasteiger partial charge in [0.15, 0.2) is 11.6 Å². The molecule has 1 saturated carbocycles. The first-order valence-corrected chi connectivity index (χ1v) is 7.49. The largest absolute Gasteiger partial charge is 0.455 e. The molecule has 0 aliphatic heterocycles. The first-order chi connectivity index (χ1) is 9.86. The lowest BCUT2D eigenvalue weighted by Gasteiger charge is -2.15. The summed E-state index contributed by atoms with van der Waals surface area (Å²) in [6.07, 6.45) is 8.83. The molecular weight excluding hydrogens is 254 g/mol. The maximum absolute atomic E-state index is 5.54. The summed E-state index contributed by atoms with van der Waals surface area (Å²) in [6, 6.07) is 3.67. The van der Waals surface area contributed by atoms with Crippen LogP contribution in [0.1, 0.15) is 62.4 Å². The molecule has 1 fully saturated rings. The maximum atomic E-state index is 5.54. The minimum Gasteiger partial charge on any atom is -0.455 e. The molecule has 1 aliphatic rings. The zero-order valence-electron chi connectivity index (χ0n) is 11.7. The minimum atomic E-state index is 0.379. The summed E-state index contributed by atoms with van der Waals surface area (Å²) in [5, 5.41) is 4.15. The van der Waals surface area contributed by atoms with E-state index >= 15 is 0 Å². The quantitative estimate of drug-likeness (QED) is 0.925. The summed E-state index contributed by atoms with van der Waals surface area (Å²) in [5.41, 5.74) is 5.54. The molecule has 20 heavy (non-hydrogen) atoms. The van der Waals surface area contributed by atoms with Gasteiger partial charge in [0.2, 0.25) is 0 Å². The predicted molar refractivity (Wildman–Crippen MR) is 75.0 cm³/mol. The fourth-order valence-corrected chi connectivity index (χ4v) is 2.82. The van der Waals surface area contributed by atoms with Crippen molar-refractivity contribution >= 4 is 0 Å². The number of hydrogen-bond donors (Lipinski definition) is 1. The van der Waals surface area contributed by atoms with Gasteiger partial charge in [-0.25, -0.2) is 0 Å². The van der Waals surface area contributed by atoms with Crippen LogP contribution in [0.2, 0.25) is 0 Å². The summed E-state index contributed by atoms with van der Waals surface area (Å²) in [6.45, 7) is 0.379. The molecule has 5 heteroatoms. The number of aromatic nitrogens is 2. The summed E-state index contributed by atoms with van der Waals surface area (Å²) >= 11 is 0. The van der Waals surface area contributed by atoms with E-state index in [9.17, 15) is 0 Å². The van der Waals surface area contributed by atoms with Gasteiger partial charge in [0, 0.05) is 5.92 Å². The van der Waals surface area contributed by atoms with Crippen LogP contribution >= 0.6 is 0 Å². The van der Waals surface area contributed by atoms with E-state index in [-0.39, 0.29) is 0 Å². The van der Waals surface area contributed by atoms with Crippen molar-refractivity contribution in [2.75, 3.05) is 0 Å². The van der Waals surface area contributed by atoms with E-state index in [0.717, 1.165) is 24.4 Å². The molecule has 0 amide bonds. The second kappa shape index (κ2) is 6.22. The van der Waals surface area contributed by atoms with E-state index in [4.69, 9.17) is 14.7 Å². The van der Waals surface area contributed by atoms with Crippen LogP contribution in [0.4, 0.5) is 0 Å². The van der Waals surface area contributed by atoms with Crippen LogP contribution in [0.5, 0.6) is 0 Å². The highest BCUT2D eigenvalue weighted by atomic mass is 16.5. The monoisotopic (exact) mass is 275 g/mol. The molecule has 0 bridgehead atoms. The summed E-state index contributed by atoms with van der Waals surface area (Å²) in [4.78, 5) is 4.51. The number of hydrogen-bond acceptors (Lipinski definition) is 5. The Bertz CT molecular complexity index is 539. The Labute approximate surface area is 118 Å². The van der Waals surface area contributed by atoms with Crippen molar-refractivity contribution < 1.29 is 8.94 Å². The standard InChI is InChI=1S/C15H21N3O2/c16-10-12-8-9-13(19-12)15-17-14(18-20-15)11-6-4-2-1-3-5-7-11/h8-9,11H,1-7,10,16H2. The van der Waals surface area contributed by atoms with Gasteiger partial charge in [-0.05, 0) is 25.0 Å². The Balaban J connectivity index is 1.74. The van der Waals surface area contributed by atoms with Crippen LogP contribution in [-0.4, -0.2) is 10.1 Å². The van der Waals surface area contributed by atoms with Crippen LogP contribution in [0.15, 0.2) is 21.1 Å². The lowest BCUT2D eigenvalue weighted by atomic mass is 9.91. The highest BCUT2D eigenvalue weighted by Gasteiger charge is 2.21. The molecule has 0 saturated heterocycles. The zero-order valence-corrected chi connectivity index (χ0v) is 11.7. The number of nitrogens with two attached hydrogens (primary N) is 1. The van der Waals surface area contributed by atoms with Gasteiger partial charge in [-0.15, -0.1) is 0 Å². The molecule has 0 unspecified atom stereocenters. The van der Waals surface area contributed by atoms with Crippen LogP contribution in [0, 0.1) is 0 Å². The first-order valence-electron chi connectivity index (χ1n) is 7.49. The van der Waals surface area contributed by atoms with Crippen LogP contribution < -0.4 is 5.73 Å². The molecule has 2 N–H and O–H groups in total. The van der Waals surface area contributed by atoms with Crippen LogP contribution in [0.25, 0.3) is 11.7 Å². The van der Waals surface area contributed by atoms with Crippen molar-refractivity contribution in [3.05, 3.63) is 23.7 Å². The van der Waals surface area contributed by atoms with Gasteiger partial charge in [0.05, 0.1) is 6.54 Å². The van der Waals surface area contributed by atoms with Gasteiger partial charge in [-0.2, -0.15) is 4.98 Å². The Kier molecular flexibility index (Phi) is 4.16. The summed E-state index contributed by atoms with van der Waals surface area (Å²) in [5.74, 6) is 3.05. The third-order valence-corrected chi connectivity index (χ3v) is 3.99. The molecule has 108 valence electrons. The molecule has 5 nitrogen and oxygen atoms in total. The van der Waals surface area contributed by atoms with Gasteiger partial charge in [0.1, 0.15) is 5.76 Å². The molecule has 2 aromatic rings. The Morgan fingerprint density at radius 1 is 1.10 bits per heavy atom. The number of nitrogens with zero attached hydrogens (tertiary/aromatic N) is 2. The van der Waals surface area contributed by atoms with Gasteiger partial charge in [0.25, 0.3) is 5.89 Å². The molecule has 2 aromatic heterocycles. The second-order valence-electron chi connectivity index (χ2n) is 5.47. The van der Waals surface area contributed by atoms with E-state index in [1.54, 1.807) is 0 Å². The third-order valence-electron chi connectivity index (χ3n) is 3.99. The number of furan rings is 1. The highest BCUT2D eigenvalue weighted by Crippen LogP contribution is 2.30. The van der Waals surface area contributed by atoms with Crippen molar-refractivity contribution in [1.29, 1.82) is 0 Å². The van der Waals surface area contributed by atoms with Crippen molar-refractivity contribution in [3.63, 3.8) is 0 Å². The molecule has 2 heterocycles. The molecule has 0 atom stereocenters. The SMILES string of the molecule is NCc1ccc(-c2nc(C3CCCCCCC3)no2)o1. The van der Waals surface area contributed by atoms with Gasteiger partial charge >= 0.3 is 0 Å². The third kappa shape index (κ3) is 2.93. The molecule has 0 spiro atoms. The van der Waals surface area contributed by atoms with E-state index in [0.29, 0.717) is 24.1 Å². The topological polar surface area (TPSA) is 78.1 Å². The van der Waals surface area contributed by atoms with Crippen LogP contribution in [0.3, 0.4) is 0 Å². The van der Waals surface area contributed by atoms with E-state index in [1.807, 2.05) is 12.1 Å². The minimum absolute atomic E-state index is 0.379. The Morgan fingerprint density at radius 2 is 1.85 bits per heavy atom. The van der Waals surface area contributed by atoms with Crippen molar-refractivity contribution in [1.82, 2.24) is 10.1 Å². The Morgan fingerprint density at radius 3 is 2.55 bits per heavy atom. The fraction of sp³-hybridized carbons (Fsp3) is 0.600. The average Bonchev–Trinajstić information content (AvgIpc) is 3.06. The lowest BCUT2D eigenvalue weighted by molar-refractivity contribution is 0.385. The summed E-state index contributed by atoms with van der Waals surface area (Å²) in [7, 11) is 0. The highest BCUT2D eigenvalue weighted by molar-refractivity contribution is 5.44. The molecule has 0 aromatic carbocycles. The average molecular weight is 275 g/mol. The molecule has 3 rings (SSSR count). The fourth-order valence-electron chi connectivity index (χ4n) is 2.82. The summed E-state index contributed by atoms with van der Waals surface area (Å²) < 4.78 is 10.9. The van der Waals surface area contributed by atoms with Crippen LogP contribution in [-0.2, 0) is 6.54 Å². The van der Waals surface area contributed by atoms with Crippen molar-refractivity contribution in [3.8, 4) is 11.7 Å². The van der Waals surface area contributed by atoms with Gasteiger partial charge in [-0.1, -0.05) is 37.3 Å². The van der Waals surface area contributed by atoms with E-state index in [1.165, 1.54) is 32.1 Å². The van der Waals surface area contributed by atoms with Crippen molar-refractivity contribution in [2.45, 2.75) is 57.4 Å². The number of rotatable bonds is 3. The normalized spacial score (nSPS) is 17.9. The first kappa shape index (κ1) is 13.4. The van der Waals surface area contributed by atoms with Gasteiger partial charge < -0.3 is 14.7 Å². The molecule has 0 radical (unpaired) electrons. The van der Waals surface area contributed by atoms with Crippen molar-refractivity contribution in [2.24, 2.45) is 5.73 Å². The molecular formula is C15H21N3O2. The Hall–Kier alpha value is -1.62. The second-order valence-corrected chi connectivity index (χ2v) is 5.47. The molecule has 1 aliphatic carbocycles. The van der Waals surface area contributed by atoms with Gasteiger partial charge in [-0.3, -0.25) is 0 Å². The maximum Gasteiger partial charge on any atom is 0.293 e. The zero-order chi connectivity index (χ0) is 13.8. The predicted octanol–water partition coefficient (Wildman–Crippen LogP) is 3.62. The van der Waals surface area contributed by atoms with E-state index in [2.05, 4.69) is 10.1 Å².